The third-order valence-corrected chi connectivity index (χ3v) is 3.10. The van der Waals surface area contributed by atoms with E-state index < -0.39 is 11.8 Å². The lowest BCUT2D eigenvalue weighted by Gasteiger charge is -2.30. The van der Waals surface area contributed by atoms with Crippen molar-refractivity contribution in [2.45, 2.75) is 12.8 Å². The average Bonchev–Trinajstić information content (AvgIpc) is 2.47. The van der Waals surface area contributed by atoms with Gasteiger partial charge in [-0.15, -0.1) is 6.58 Å². The molecule has 1 aliphatic rings. The molecule has 1 N–H and O–H groups in total. The van der Waals surface area contributed by atoms with Crippen LogP contribution < -0.4 is 9.64 Å². The Balaban J connectivity index is 2.24. The highest BCUT2D eigenvalue weighted by atomic mass is 16.5. The predicted octanol–water partition coefficient (Wildman–Crippen LogP) is 0.507. The predicted molar refractivity (Wildman–Crippen MR) is 68.6 cm³/mol. The molecule has 0 atom stereocenters. The minimum atomic E-state index is -1.30. The number of ether oxygens (including phenoxy) is 1. The summed E-state index contributed by atoms with van der Waals surface area (Å²) in [6.45, 7) is 5.27. The summed E-state index contributed by atoms with van der Waals surface area (Å²) in [5.41, 5.74) is 0. The zero-order valence-electron chi connectivity index (χ0n) is 10.7. The van der Waals surface area contributed by atoms with E-state index in [-0.39, 0.29) is 18.4 Å². The Bertz CT molecular complexity index is 526. The number of anilines is 1. The van der Waals surface area contributed by atoms with Crippen molar-refractivity contribution in [1.29, 1.82) is 0 Å². The molecule has 1 aliphatic heterocycles. The minimum Gasteiger partial charge on any atom is -0.475 e. The average molecular weight is 278 g/mol. The van der Waals surface area contributed by atoms with Crippen molar-refractivity contribution >= 4 is 18.4 Å². The van der Waals surface area contributed by atoms with E-state index in [0.717, 1.165) is 12.8 Å². The molecule has 0 amide bonds. The van der Waals surface area contributed by atoms with E-state index in [1.165, 1.54) is 0 Å². The minimum absolute atomic E-state index is 0.148. The standard InChI is InChI=1S/C12H14N4O4/c1-2-8-3-5-16(6-4-8)11-13-9(10(18)19)14-12(15-11)20-7-17/h2,7-8H,1,3-6H2,(H,18,19). The van der Waals surface area contributed by atoms with Gasteiger partial charge in [0.2, 0.25) is 11.8 Å². The summed E-state index contributed by atoms with van der Waals surface area (Å²) >= 11 is 0. The van der Waals surface area contributed by atoms with Crippen LogP contribution in [0.5, 0.6) is 6.01 Å². The molecule has 8 nitrogen and oxygen atoms in total. The molecule has 2 rings (SSSR count). The summed E-state index contributed by atoms with van der Waals surface area (Å²) in [7, 11) is 0. The third-order valence-electron chi connectivity index (χ3n) is 3.10. The highest BCUT2D eigenvalue weighted by Gasteiger charge is 2.22. The first kappa shape index (κ1) is 13.9. The first-order valence-corrected chi connectivity index (χ1v) is 6.11. The molecule has 0 spiro atoms. The van der Waals surface area contributed by atoms with E-state index >= 15 is 0 Å². The molecule has 20 heavy (non-hydrogen) atoms. The highest BCUT2D eigenvalue weighted by Crippen LogP contribution is 2.22. The Morgan fingerprint density at radius 2 is 2.05 bits per heavy atom. The third kappa shape index (κ3) is 3.08. The highest BCUT2D eigenvalue weighted by molar-refractivity contribution is 5.83. The topological polar surface area (TPSA) is 106 Å². The number of aromatic carboxylic acids is 1. The molecule has 1 aromatic rings. The van der Waals surface area contributed by atoms with Crippen molar-refractivity contribution in [3.8, 4) is 6.01 Å². The van der Waals surface area contributed by atoms with Gasteiger partial charge in [-0.3, -0.25) is 4.79 Å². The monoisotopic (exact) mass is 278 g/mol. The maximum atomic E-state index is 11.0. The van der Waals surface area contributed by atoms with Crippen LogP contribution >= 0.6 is 0 Å². The second kappa shape index (κ2) is 6.09. The molecular weight excluding hydrogens is 264 g/mol. The fraction of sp³-hybridized carbons (Fsp3) is 0.417. The summed E-state index contributed by atoms with van der Waals surface area (Å²) in [5, 5.41) is 8.95. The summed E-state index contributed by atoms with van der Waals surface area (Å²) in [6.07, 6.45) is 3.69. The number of hydrogen-bond donors (Lipinski definition) is 1. The Hall–Kier alpha value is -2.51. The Morgan fingerprint density at radius 3 is 2.60 bits per heavy atom. The van der Waals surface area contributed by atoms with Crippen molar-refractivity contribution in [2.24, 2.45) is 5.92 Å². The van der Waals surface area contributed by atoms with E-state index in [2.05, 4.69) is 26.3 Å². The van der Waals surface area contributed by atoms with E-state index in [9.17, 15) is 9.59 Å². The number of aromatic nitrogens is 3. The summed E-state index contributed by atoms with van der Waals surface area (Å²) in [5.74, 6) is -1.10. The van der Waals surface area contributed by atoms with E-state index in [0.29, 0.717) is 19.0 Å². The van der Waals surface area contributed by atoms with Gasteiger partial charge in [-0.1, -0.05) is 6.08 Å². The lowest BCUT2D eigenvalue weighted by Crippen LogP contribution is -2.34. The van der Waals surface area contributed by atoms with E-state index in [4.69, 9.17) is 5.11 Å². The molecule has 0 unspecified atom stereocenters. The van der Waals surface area contributed by atoms with E-state index in [1.807, 2.05) is 11.0 Å². The maximum absolute atomic E-state index is 11.0. The summed E-state index contributed by atoms with van der Waals surface area (Å²) in [4.78, 5) is 34.5. The Morgan fingerprint density at radius 1 is 1.35 bits per heavy atom. The van der Waals surface area contributed by atoms with Gasteiger partial charge in [0.15, 0.2) is 0 Å². The molecule has 0 radical (unpaired) electrons. The molecule has 0 aromatic carbocycles. The van der Waals surface area contributed by atoms with Gasteiger partial charge in [0.05, 0.1) is 0 Å². The molecule has 2 heterocycles. The lowest BCUT2D eigenvalue weighted by molar-refractivity contribution is -0.121. The van der Waals surface area contributed by atoms with Gasteiger partial charge >= 0.3 is 18.5 Å². The number of hydrogen-bond acceptors (Lipinski definition) is 7. The van der Waals surface area contributed by atoms with Crippen LogP contribution in [0.3, 0.4) is 0 Å². The van der Waals surface area contributed by atoms with E-state index in [1.54, 1.807) is 0 Å². The molecule has 1 saturated heterocycles. The summed E-state index contributed by atoms with van der Waals surface area (Å²) < 4.78 is 4.52. The van der Waals surface area contributed by atoms with Gasteiger partial charge in [0.25, 0.3) is 0 Å². The second-order valence-corrected chi connectivity index (χ2v) is 4.32. The van der Waals surface area contributed by atoms with Crippen LogP contribution in [0.4, 0.5) is 5.95 Å². The van der Waals surface area contributed by atoms with Crippen LogP contribution in [0.2, 0.25) is 0 Å². The molecule has 8 heteroatoms. The molecule has 1 aromatic heterocycles. The van der Waals surface area contributed by atoms with Gasteiger partial charge in [-0.05, 0) is 18.8 Å². The number of carboxylic acid groups (broad SMARTS) is 1. The molecule has 1 fully saturated rings. The second-order valence-electron chi connectivity index (χ2n) is 4.32. The fourth-order valence-electron chi connectivity index (χ4n) is 2.01. The number of carbonyl (C=O) groups excluding carboxylic acids is 1. The smallest absolute Gasteiger partial charge is 0.374 e. The van der Waals surface area contributed by atoms with Gasteiger partial charge in [0.1, 0.15) is 0 Å². The zero-order valence-corrected chi connectivity index (χ0v) is 10.7. The van der Waals surface area contributed by atoms with Crippen LogP contribution in [0.25, 0.3) is 0 Å². The Kier molecular flexibility index (Phi) is 4.24. The number of rotatable bonds is 5. The van der Waals surface area contributed by atoms with Crippen LogP contribution in [-0.4, -0.2) is 45.6 Å². The van der Waals surface area contributed by atoms with Crippen LogP contribution in [0, 0.1) is 5.92 Å². The van der Waals surface area contributed by atoms with Crippen molar-refractivity contribution < 1.29 is 19.4 Å². The number of carboxylic acids is 1. The van der Waals surface area contributed by atoms with Gasteiger partial charge in [-0.2, -0.15) is 15.0 Å². The van der Waals surface area contributed by atoms with Crippen LogP contribution in [-0.2, 0) is 4.79 Å². The number of allylic oxidation sites excluding steroid dienone is 1. The van der Waals surface area contributed by atoms with Gasteiger partial charge < -0.3 is 14.7 Å². The summed E-state index contributed by atoms with van der Waals surface area (Å²) in [6, 6.07) is -0.312. The van der Waals surface area contributed by atoms with Crippen molar-refractivity contribution in [3.63, 3.8) is 0 Å². The number of carbonyl (C=O) groups is 2. The van der Waals surface area contributed by atoms with Crippen molar-refractivity contribution in [3.05, 3.63) is 18.5 Å². The largest absolute Gasteiger partial charge is 0.475 e. The number of piperidine rings is 1. The maximum Gasteiger partial charge on any atom is 0.374 e. The Labute approximate surface area is 115 Å². The molecule has 0 aliphatic carbocycles. The number of nitrogens with zero attached hydrogens (tertiary/aromatic N) is 4. The van der Waals surface area contributed by atoms with Gasteiger partial charge in [0, 0.05) is 13.1 Å². The normalized spacial score (nSPS) is 15.7. The first-order valence-electron chi connectivity index (χ1n) is 6.11. The van der Waals surface area contributed by atoms with Gasteiger partial charge in [-0.25, -0.2) is 4.79 Å². The quantitative estimate of drug-likeness (QED) is 0.613. The zero-order chi connectivity index (χ0) is 14.5. The van der Waals surface area contributed by atoms with Crippen molar-refractivity contribution in [2.75, 3.05) is 18.0 Å². The molecular formula is C12H14N4O4. The fourth-order valence-corrected chi connectivity index (χ4v) is 2.01. The molecule has 106 valence electrons. The van der Waals surface area contributed by atoms with Crippen molar-refractivity contribution in [1.82, 2.24) is 15.0 Å². The molecule has 0 saturated carbocycles. The SMILES string of the molecule is C=CC1CCN(c2nc(OC=O)nc(C(=O)O)n2)CC1. The molecule has 0 bridgehead atoms. The lowest BCUT2D eigenvalue weighted by atomic mass is 9.97. The van der Waals surface area contributed by atoms with Crippen LogP contribution in [0.1, 0.15) is 23.5 Å². The van der Waals surface area contributed by atoms with Crippen LogP contribution in [0.15, 0.2) is 12.7 Å². The first-order chi connectivity index (χ1) is 9.63.